The summed E-state index contributed by atoms with van der Waals surface area (Å²) in [4.78, 5) is 75.7. The number of aromatic nitrogens is 2. The summed E-state index contributed by atoms with van der Waals surface area (Å²) in [6.45, 7) is 1.57. The highest BCUT2D eigenvalue weighted by atomic mass is 35.5. The van der Waals surface area contributed by atoms with Gasteiger partial charge < -0.3 is 24.8 Å². The van der Waals surface area contributed by atoms with Crippen LogP contribution in [0.25, 0.3) is 6.08 Å². The first-order valence-corrected chi connectivity index (χ1v) is 17.3. The van der Waals surface area contributed by atoms with Gasteiger partial charge in [0.2, 0.25) is 17.8 Å². The van der Waals surface area contributed by atoms with Crippen molar-refractivity contribution in [3.8, 4) is 0 Å². The number of carbonyl (C=O) groups excluding carboxylic acids is 5. The molecule has 0 bridgehead atoms. The number of piperidine rings is 2. The zero-order chi connectivity index (χ0) is 37.4. The van der Waals surface area contributed by atoms with E-state index in [4.69, 9.17) is 21.3 Å². The third-order valence-electron chi connectivity index (χ3n) is 9.35. The number of nitrogens with one attached hydrogen (secondary N) is 2. The minimum atomic E-state index is -0.441. The highest BCUT2D eigenvalue weighted by Crippen LogP contribution is 2.31. The molecular weight excluding hydrogens is 688 g/mol. The zero-order valence-corrected chi connectivity index (χ0v) is 30.4. The van der Waals surface area contributed by atoms with E-state index in [-0.39, 0.29) is 36.6 Å². The highest BCUT2D eigenvalue weighted by molar-refractivity contribution is 6.32. The average Bonchev–Trinajstić information content (AvgIpc) is 3.13. The van der Waals surface area contributed by atoms with Gasteiger partial charge in [-0.15, -0.1) is 0 Å². The number of ether oxygens (including phenoxy) is 1. The second kappa shape index (κ2) is 17.2. The summed E-state index contributed by atoms with van der Waals surface area (Å²) in [5, 5.41) is 6.02. The number of aldehydes is 3. The van der Waals surface area contributed by atoms with Crippen molar-refractivity contribution >= 4 is 77.2 Å². The molecule has 52 heavy (non-hydrogen) atoms. The summed E-state index contributed by atoms with van der Waals surface area (Å²) in [5.41, 5.74) is 4.54. The van der Waals surface area contributed by atoms with Crippen molar-refractivity contribution in [3.05, 3.63) is 70.1 Å². The number of hydrogen-bond acceptors (Lipinski definition) is 13. The molecule has 3 aromatic rings. The fourth-order valence-electron chi connectivity index (χ4n) is 6.49. The van der Waals surface area contributed by atoms with Gasteiger partial charge in [0.15, 0.2) is 24.1 Å². The van der Waals surface area contributed by atoms with E-state index in [1.165, 1.54) is 0 Å². The Kier molecular flexibility index (Phi) is 12.6. The summed E-state index contributed by atoms with van der Waals surface area (Å²) in [7, 11) is 7.64. The molecule has 2 aliphatic rings. The molecule has 2 fully saturated rings. The molecule has 2 saturated heterocycles. The van der Waals surface area contributed by atoms with E-state index in [9.17, 15) is 24.0 Å². The smallest absolute Gasteiger partial charge is 0.243 e. The predicted molar refractivity (Wildman–Crippen MR) is 200 cm³/mol. The molecule has 0 radical (unpaired) electrons. The van der Waals surface area contributed by atoms with Crippen molar-refractivity contribution in [2.45, 2.75) is 44.3 Å². The Hall–Kier alpha value is -5.34. The SMILES string of the molecule is CN(C)c1ccc(Nc2nc(N3CCC(N(C)c4ccc(C=O)c(CN(C)C5CCC(=O)NC5=O)c4)CC3)ncc2Cl)cc1/C=C(\C=O)OCC=O. The van der Waals surface area contributed by atoms with Crippen LogP contribution >= 0.6 is 11.6 Å². The number of rotatable bonds is 15. The quantitative estimate of drug-likeness (QED) is 0.101. The Bertz CT molecular complexity index is 1840. The highest BCUT2D eigenvalue weighted by Gasteiger charge is 2.30. The number of amides is 2. The summed E-state index contributed by atoms with van der Waals surface area (Å²) >= 11 is 6.54. The van der Waals surface area contributed by atoms with Crippen LogP contribution in [0.3, 0.4) is 0 Å². The lowest BCUT2D eigenvalue weighted by Gasteiger charge is -2.38. The zero-order valence-electron chi connectivity index (χ0n) is 29.7. The van der Waals surface area contributed by atoms with Crippen LogP contribution in [0.2, 0.25) is 5.02 Å². The molecule has 2 aliphatic heterocycles. The number of anilines is 5. The van der Waals surface area contributed by atoms with Gasteiger partial charge in [-0.1, -0.05) is 11.6 Å². The van der Waals surface area contributed by atoms with Gasteiger partial charge in [-0.2, -0.15) is 4.98 Å². The minimum absolute atomic E-state index is 0.0274. The maximum atomic E-state index is 12.4. The lowest BCUT2D eigenvalue weighted by Crippen LogP contribution is -2.51. The molecule has 2 N–H and O–H groups in total. The van der Waals surface area contributed by atoms with Gasteiger partial charge in [-0.05, 0) is 74.3 Å². The van der Waals surface area contributed by atoms with E-state index in [0.717, 1.165) is 36.1 Å². The van der Waals surface area contributed by atoms with Crippen LogP contribution in [0.5, 0.6) is 0 Å². The van der Waals surface area contributed by atoms with Gasteiger partial charge in [-0.25, -0.2) is 4.98 Å². The third kappa shape index (κ3) is 9.11. The molecule has 14 nitrogen and oxygen atoms in total. The summed E-state index contributed by atoms with van der Waals surface area (Å²) in [5.74, 6) is 0.420. The van der Waals surface area contributed by atoms with E-state index < -0.39 is 6.04 Å². The molecule has 5 rings (SSSR count). The van der Waals surface area contributed by atoms with Crippen molar-refractivity contribution in [2.24, 2.45) is 0 Å². The van der Waals surface area contributed by atoms with Gasteiger partial charge in [0.05, 0.1) is 12.2 Å². The van der Waals surface area contributed by atoms with Gasteiger partial charge in [0, 0.05) is 81.4 Å². The minimum Gasteiger partial charge on any atom is -0.483 e. The molecule has 0 saturated carbocycles. The number of allylic oxidation sites excluding steroid dienone is 1. The predicted octanol–water partition coefficient (Wildman–Crippen LogP) is 3.85. The standard InChI is InChI=1S/C37H43ClN8O6/c1-43(2)32-8-6-27(17-25(32)19-30(23-49)52-16-15-47)40-35-31(38)20-39-37(42-35)46-13-11-28(12-14-46)45(4)29-7-5-24(22-48)26(18-29)21-44(3)33-9-10-34(50)41-36(33)51/h5-8,15,17-20,22-23,28,33H,9-14,16,21H2,1-4H3,(H,39,40,42)(H,41,50,51)/b30-19+. The lowest BCUT2D eigenvalue weighted by molar-refractivity contribution is -0.137. The van der Waals surface area contributed by atoms with Crippen molar-refractivity contribution in [2.75, 3.05) is 67.9 Å². The van der Waals surface area contributed by atoms with Crippen LogP contribution in [0, 0.1) is 0 Å². The van der Waals surface area contributed by atoms with Crippen molar-refractivity contribution in [1.82, 2.24) is 20.2 Å². The monoisotopic (exact) mass is 730 g/mol. The number of imide groups is 1. The Labute approximate surface area is 307 Å². The van der Waals surface area contributed by atoms with Gasteiger partial charge in [0.1, 0.15) is 17.9 Å². The van der Waals surface area contributed by atoms with Crippen LogP contribution in [0.15, 0.2) is 48.4 Å². The molecule has 1 unspecified atom stereocenters. The maximum absolute atomic E-state index is 12.4. The largest absolute Gasteiger partial charge is 0.483 e. The van der Waals surface area contributed by atoms with E-state index >= 15 is 0 Å². The van der Waals surface area contributed by atoms with Gasteiger partial charge >= 0.3 is 0 Å². The second-order valence-corrected chi connectivity index (χ2v) is 13.4. The molecular formula is C37H43ClN8O6. The van der Waals surface area contributed by atoms with Gasteiger partial charge in [-0.3, -0.25) is 34.2 Å². The Morgan fingerprint density at radius 3 is 2.48 bits per heavy atom. The van der Waals surface area contributed by atoms with Crippen molar-refractivity contribution < 1.29 is 28.7 Å². The normalized spacial score (nSPS) is 16.7. The van der Waals surface area contributed by atoms with Crippen LogP contribution in [-0.4, -0.2) is 106 Å². The second-order valence-electron chi connectivity index (χ2n) is 13.0. The van der Waals surface area contributed by atoms with Crippen LogP contribution < -0.4 is 25.3 Å². The number of carbonyl (C=O) groups is 5. The van der Waals surface area contributed by atoms with Crippen molar-refractivity contribution in [3.63, 3.8) is 0 Å². The number of nitrogens with zero attached hydrogens (tertiary/aromatic N) is 6. The topological polar surface area (TPSA) is 157 Å². The fourth-order valence-corrected chi connectivity index (χ4v) is 6.63. The molecule has 3 heterocycles. The third-order valence-corrected chi connectivity index (χ3v) is 9.63. The molecule has 15 heteroatoms. The molecule has 1 aromatic heterocycles. The summed E-state index contributed by atoms with van der Waals surface area (Å²) in [6, 6.07) is 11.1. The number of halogens is 1. The van der Waals surface area contributed by atoms with E-state index in [1.807, 2.05) is 74.4 Å². The van der Waals surface area contributed by atoms with Crippen LogP contribution in [0.4, 0.5) is 28.8 Å². The van der Waals surface area contributed by atoms with Crippen LogP contribution in [0.1, 0.15) is 47.2 Å². The number of likely N-dealkylation sites (N-methyl/N-ethyl adjacent to an activating group) is 1. The summed E-state index contributed by atoms with van der Waals surface area (Å²) in [6.07, 6.45) is 7.50. The molecule has 1 atom stereocenters. The van der Waals surface area contributed by atoms with Crippen LogP contribution in [-0.2, 0) is 30.5 Å². The lowest BCUT2D eigenvalue weighted by atomic mass is 10.00. The van der Waals surface area contributed by atoms with E-state index in [2.05, 4.69) is 25.4 Å². The Morgan fingerprint density at radius 1 is 1.04 bits per heavy atom. The summed E-state index contributed by atoms with van der Waals surface area (Å²) < 4.78 is 5.24. The molecule has 2 aromatic carbocycles. The van der Waals surface area contributed by atoms with Crippen molar-refractivity contribution in [1.29, 1.82) is 0 Å². The first kappa shape index (κ1) is 37.9. The maximum Gasteiger partial charge on any atom is 0.243 e. The van der Waals surface area contributed by atoms with E-state index in [0.29, 0.717) is 72.2 Å². The first-order chi connectivity index (χ1) is 25.0. The molecule has 274 valence electrons. The Morgan fingerprint density at radius 2 is 1.81 bits per heavy atom. The molecule has 0 spiro atoms. The Balaban J connectivity index is 1.26. The van der Waals surface area contributed by atoms with E-state index in [1.54, 1.807) is 12.3 Å². The molecule has 0 aliphatic carbocycles. The first-order valence-electron chi connectivity index (χ1n) is 16.9. The van der Waals surface area contributed by atoms with Gasteiger partial charge in [0.25, 0.3) is 0 Å². The fraction of sp³-hybridized carbons (Fsp3) is 0.378. The number of hydrogen-bond donors (Lipinski definition) is 2. The number of benzene rings is 2. The molecule has 2 amide bonds. The average molecular weight is 731 g/mol.